The van der Waals surface area contributed by atoms with E-state index in [0.29, 0.717) is 5.56 Å². The van der Waals surface area contributed by atoms with Crippen LogP contribution in [0.15, 0.2) is 24.3 Å². The molecule has 8 heteroatoms. The Balaban J connectivity index is 1.31. The predicted octanol–water partition coefficient (Wildman–Crippen LogP) is 2.75. The van der Waals surface area contributed by atoms with Crippen LogP contribution in [0.5, 0.6) is 0 Å². The summed E-state index contributed by atoms with van der Waals surface area (Å²) in [6.45, 7) is 2.36. The van der Waals surface area contributed by atoms with Gasteiger partial charge in [-0.1, -0.05) is 12.8 Å². The number of Topliss-reactive ketones (excluding diaryl/α,β-unsaturated/α-hetero) is 1. The normalized spacial score (nSPS) is 28.8. The molecule has 33 heavy (non-hydrogen) atoms. The van der Waals surface area contributed by atoms with Gasteiger partial charge in [0, 0.05) is 30.9 Å². The summed E-state index contributed by atoms with van der Waals surface area (Å²) in [5, 5.41) is 2.61. The molecule has 1 aromatic rings. The molecule has 1 N–H and O–H groups in total. The van der Waals surface area contributed by atoms with Crippen molar-refractivity contribution in [3.8, 4) is 0 Å². The largest absolute Gasteiger partial charge is 0.372 e. The van der Waals surface area contributed by atoms with Crippen LogP contribution in [0.3, 0.4) is 0 Å². The van der Waals surface area contributed by atoms with Crippen molar-refractivity contribution in [2.75, 3.05) is 31.1 Å². The number of ether oxygens (including phenoxy) is 1. The van der Waals surface area contributed by atoms with Crippen LogP contribution in [0.1, 0.15) is 55.3 Å². The molecule has 0 spiro atoms. The van der Waals surface area contributed by atoms with Crippen LogP contribution in [0.25, 0.3) is 0 Å². The molecule has 4 aliphatic rings. The molecule has 4 atom stereocenters. The Kier molecular flexibility index (Phi) is 6.61. The Bertz CT molecular complexity index is 895. The van der Waals surface area contributed by atoms with E-state index in [2.05, 4.69) is 10.2 Å². The number of alkyl halides is 1. The summed E-state index contributed by atoms with van der Waals surface area (Å²) in [5.74, 6) is -0.504. The highest BCUT2D eigenvalue weighted by Crippen LogP contribution is 2.34. The Morgan fingerprint density at radius 2 is 1.73 bits per heavy atom. The number of anilines is 1. The molecule has 0 radical (unpaired) electrons. The molecule has 0 bridgehead atoms. The summed E-state index contributed by atoms with van der Waals surface area (Å²) in [6, 6.07) is 6.37. The number of ketones is 1. The smallest absolute Gasteiger partial charge is 0.251 e. The van der Waals surface area contributed by atoms with E-state index in [4.69, 9.17) is 16.3 Å². The molecule has 3 heterocycles. The van der Waals surface area contributed by atoms with Gasteiger partial charge < -0.3 is 19.9 Å². The van der Waals surface area contributed by atoms with Crippen LogP contribution < -0.4 is 10.2 Å². The molecule has 0 unspecified atom stereocenters. The molecular weight excluding hydrogens is 442 g/mol. The van der Waals surface area contributed by atoms with Gasteiger partial charge in [0.05, 0.1) is 5.38 Å². The molecule has 178 valence electrons. The number of carbonyl (C=O) groups excluding carboxylic acids is 3. The van der Waals surface area contributed by atoms with Crippen molar-refractivity contribution in [3.63, 3.8) is 0 Å². The van der Waals surface area contributed by atoms with Gasteiger partial charge >= 0.3 is 0 Å². The Morgan fingerprint density at radius 3 is 2.42 bits per heavy atom. The molecule has 4 fully saturated rings. The maximum absolute atomic E-state index is 13.6. The summed E-state index contributed by atoms with van der Waals surface area (Å²) in [4.78, 5) is 43.1. The van der Waals surface area contributed by atoms with Crippen molar-refractivity contribution in [3.05, 3.63) is 29.8 Å². The van der Waals surface area contributed by atoms with E-state index < -0.39 is 23.6 Å². The quantitative estimate of drug-likeness (QED) is 0.665. The van der Waals surface area contributed by atoms with Crippen LogP contribution in [-0.2, 0) is 14.3 Å². The van der Waals surface area contributed by atoms with Crippen LogP contribution >= 0.6 is 11.6 Å². The predicted molar refractivity (Wildman–Crippen MR) is 126 cm³/mol. The summed E-state index contributed by atoms with van der Waals surface area (Å²) in [6.07, 6.45) is 7.08. The van der Waals surface area contributed by atoms with Gasteiger partial charge in [0.15, 0.2) is 5.78 Å². The third-order valence-corrected chi connectivity index (χ3v) is 8.07. The third kappa shape index (κ3) is 4.50. The van der Waals surface area contributed by atoms with Crippen molar-refractivity contribution in [1.29, 1.82) is 0 Å². The van der Waals surface area contributed by atoms with Gasteiger partial charge in [-0.3, -0.25) is 14.4 Å². The second kappa shape index (κ2) is 9.63. The zero-order valence-electron chi connectivity index (χ0n) is 18.9. The first kappa shape index (κ1) is 22.7. The van der Waals surface area contributed by atoms with Gasteiger partial charge in [0.1, 0.15) is 24.8 Å². The first-order valence-electron chi connectivity index (χ1n) is 12.3. The number of nitrogens with one attached hydrogen (secondary N) is 1. The molecule has 5 rings (SSSR count). The lowest BCUT2D eigenvalue weighted by molar-refractivity contribution is -0.139. The zero-order chi connectivity index (χ0) is 22.9. The van der Waals surface area contributed by atoms with Gasteiger partial charge in [-0.2, -0.15) is 0 Å². The van der Waals surface area contributed by atoms with E-state index in [1.54, 1.807) is 4.90 Å². The van der Waals surface area contributed by atoms with Crippen molar-refractivity contribution >= 4 is 34.9 Å². The summed E-state index contributed by atoms with van der Waals surface area (Å²) in [7, 11) is 0. The standard InChI is InChI=1S/C25H32ClN3O4/c26-19-14-29(22-20(30)15-33-23(19)22)25(32)21(16-6-2-3-7-16)27-24(31)17-8-10-18(11-9-17)28-12-4-1-5-13-28/h8-11,16,19,21-23H,1-7,12-15H2,(H,27,31)/t19-,21-,22+,23+/m0/s1. The van der Waals surface area contributed by atoms with E-state index in [0.717, 1.165) is 44.5 Å². The fraction of sp³-hybridized carbons (Fsp3) is 0.640. The zero-order valence-corrected chi connectivity index (χ0v) is 19.6. The number of carbonyl (C=O) groups is 3. The average Bonchev–Trinajstić information content (AvgIpc) is 3.58. The van der Waals surface area contributed by atoms with Crippen LogP contribution in [-0.4, -0.2) is 72.3 Å². The first-order valence-corrected chi connectivity index (χ1v) is 12.7. The van der Waals surface area contributed by atoms with E-state index in [-0.39, 0.29) is 36.7 Å². The van der Waals surface area contributed by atoms with Gasteiger partial charge in [0.25, 0.3) is 5.91 Å². The number of amides is 2. The minimum atomic E-state index is -0.655. The lowest BCUT2D eigenvalue weighted by Crippen LogP contribution is -2.54. The highest BCUT2D eigenvalue weighted by atomic mass is 35.5. The maximum atomic E-state index is 13.6. The number of halogens is 1. The average molecular weight is 474 g/mol. The summed E-state index contributed by atoms with van der Waals surface area (Å²) < 4.78 is 5.53. The minimum absolute atomic E-state index is 0.00778. The Hall–Kier alpha value is -2.12. The van der Waals surface area contributed by atoms with Gasteiger partial charge in [-0.05, 0) is 62.3 Å². The van der Waals surface area contributed by atoms with Crippen LogP contribution in [0, 0.1) is 5.92 Å². The topological polar surface area (TPSA) is 79.0 Å². The molecule has 1 aliphatic carbocycles. The summed E-state index contributed by atoms with van der Waals surface area (Å²) in [5.41, 5.74) is 1.67. The van der Waals surface area contributed by atoms with Crippen molar-refractivity contribution in [2.24, 2.45) is 5.92 Å². The fourth-order valence-electron chi connectivity index (χ4n) is 5.87. The highest BCUT2D eigenvalue weighted by molar-refractivity contribution is 6.22. The van der Waals surface area contributed by atoms with E-state index in [9.17, 15) is 14.4 Å². The van der Waals surface area contributed by atoms with Gasteiger partial charge in [-0.25, -0.2) is 0 Å². The Labute approximate surface area is 199 Å². The number of hydrogen-bond donors (Lipinski definition) is 1. The number of nitrogens with zero attached hydrogens (tertiary/aromatic N) is 2. The minimum Gasteiger partial charge on any atom is -0.372 e. The molecule has 0 aromatic heterocycles. The molecular formula is C25H32ClN3O4. The summed E-state index contributed by atoms with van der Waals surface area (Å²) >= 11 is 6.40. The number of rotatable bonds is 5. The molecule has 7 nitrogen and oxygen atoms in total. The monoisotopic (exact) mass is 473 g/mol. The lowest BCUT2D eigenvalue weighted by atomic mass is 9.95. The number of likely N-dealkylation sites (tertiary alicyclic amines) is 1. The van der Waals surface area contributed by atoms with E-state index >= 15 is 0 Å². The lowest BCUT2D eigenvalue weighted by Gasteiger charge is -2.31. The first-order chi connectivity index (χ1) is 16.0. The molecule has 3 saturated heterocycles. The molecule has 2 amide bonds. The SMILES string of the molecule is O=C(N[C@H](C(=O)N1C[C@H](Cl)[C@H]2OCC(=O)[C@H]21)C1CCCC1)c1ccc(N2CCCCC2)cc1. The molecule has 3 aliphatic heterocycles. The second-order valence-electron chi connectivity index (χ2n) is 9.78. The van der Waals surface area contributed by atoms with Crippen LogP contribution in [0.4, 0.5) is 5.69 Å². The van der Waals surface area contributed by atoms with Gasteiger partial charge in [-0.15, -0.1) is 11.6 Å². The number of piperidine rings is 1. The number of hydrogen-bond acceptors (Lipinski definition) is 5. The Morgan fingerprint density at radius 1 is 1.03 bits per heavy atom. The van der Waals surface area contributed by atoms with Crippen molar-refractivity contribution in [1.82, 2.24) is 10.2 Å². The van der Waals surface area contributed by atoms with E-state index in [1.807, 2.05) is 24.3 Å². The molecule has 1 aromatic carbocycles. The van der Waals surface area contributed by atoms with E-state index in [1.165, 1.54) is 19.3 Å². The third-order valence-electron chi connectivity index (χ3n) is 7.68. The maximum Gasteiger partial charge on any atom is 0.251 e. The second-order valence-corrected chi connectivity index (χ2v) is 10.3. The van der Waals surface area contributed by atoms with Gasteiger partial charge in [0.2, 0.25) is 5.91 Å². The number of benzene rings is 1. The van der Waals surface area contributed by atoms with Crippen LogP contribution in [0.2, 0.25) is 0 Å². The number of fused-ring (bicyclic) bond motifs is 1. The van der Waals surface area contributed by atoms with Crippen molar-refractivity contribution in [2.45, 2.75) is 68.5 Å². The molecule has 1 saturated carbocycles. The van der Waals surface area contributed by atoms with Crippen molar-refractivity contribution < 1.29 is 19.1 Å². The fourth-order valence-corrected chi connectivity index (χ4v) is 6.23. The highest BCUT2D eigenvalue weighted by Gasteiger charge is 2.53.